The number of thiazole rings is 1. The summed E-state index contributed by atoms with van der Waals surface area (Å²) >= 11 is 0.671. The zero-order chi connectivity index (χ0) is 13.3. The van der Waals surface area contributed by atoms with Gasteiger partial charge in [-0.1, -0.05) is 38.1 Å². The standard InChI is InChI=1S/C13H12F3NS/c1-8(2)9-3-5-10(6-4-9)12-17-7-11(18-12)13(14,15)16/h3-8H,1-2H3. The summed E-state index contributed by atoms with van der Waals surface area (Å²) in [5, 5.41) is 0.401. The van der Waals surface area contributed by atoms with Gasteiger partial charge in [0, 0.05) is 5.56 Å². The Labute approximate surface area is 107 Å². The largest absolute Gasteiger partial charge is 0.427 e. The highest BCUT2D eigenvalue weighted by Crippen LogP contribution is 2.36. The minimum Gasteiger partial charge on any atom is -0.244 e. The van der Waals surface area contributed by atoms with Crippen molar-refractivity contribution in [3.63, 3.8) is 0 Å². The van der Waals surface area contributed by atoms with E-state index in [2.05, 4.69) is 18.8 Å². The molecular weight excluding hydrogens is 259 g/mol. The lowest BCUT2D eigenvalue weighted by molar-refractivity contribution is -0.134. The second-order valence-electron chi connectivity index (χ2n) is 4.30. The first-order chi connectivity index (χ1) is 8.38. The van der Waals surface area contributed by atoms with E-state index >= 15 is 0 Å². The number of alkyl halides is 3. The molecule has 0 aliphatic carbocycles. The molecule has 0 aliphatic rings. The van der Waals surface area contributed by atoms with Crippen LogP contribution in [0.25, 0.3) is 10.6 Å². The highest BCUT2D eigenvalue weighted by Gasteiger charge is 2.33. The zero-order valence-electron chi connectivity index (χ0n) is 9.95. The smallest absolute Gasteiger partial charge is 0.244 e. The normalized spacial score (nSPS) is 12.1. The van der Waals surface area contributed by atoms with Crippen LogP contribution in [0.1, 0.15) is 30.2 Å². The molecule has 0 fully saturated rings. The Morgan fingerprint density at radius 2 is 1.72 bits per heavy atom. The molecule has 0 amide bonds. The first-order valence-corrected chi connectivity index (χ1v) is 6.33. The fourth-order valence-corrected chi connectivity index (χ4v) is 2.34. The van der Waals surface area contributed by atoms with Crippen LogP contribution in [0.5, 0.6) is 0 Å². The van der Waals surface area contributed by atoms with E-state index in [1.54, 1.807) is 0 Å². The molecule has 0 N–H and O–H groups in total. The van der Waals surface area contributed by atoms with Crippen molar-refractivity contribution in [1.29, 1.82) is 0 Å². The average molecular weight is 271 g/mol. The van der Waals surface area contributed by atoms with Crippen LogP contribution < -0.4 is 0 Å². The summed E-state index contributed by atoms with van der Waals surface area (Å²) in [5.74, 6) is 0.404. The molecule has 0 aliphatic heterocycles. The maximum Gasteiger partial charge on any atom is 0.427 e. The van der Waals surface area contributed by atoms with Crippen molar-refractivity contribution < 1.29 is 13.2 Å². The van der Waals surface area contributed by atoms with E-state index in [0.717, 1.165) is 17.3 Å². The number of benzene rings is 1. The number of nitrogens with zero attached hydrogens (tertiary/aromatic N) is 1. The summed E-state index contributed by atoms with van der Waals surface area (Å²) in [5.41, 5.74) is 1.88. The van der Waals surface area contributed by atoms with Gasteiger partial charge in [-0.2, -0.15) is 13.2 Å². The van der Waals surface area contributed by atoms with Crippen LogP contribution in [0.4, 0.5) is 13.2 Å². The van der Waals surface area contributed by atoms with E-state index in [4.69, 9.17) is 0 Å². The van der Waals surface area contributed by atoms with E-state index in [1.165, 1.54) is 0 Å². The summed E-state index contributed by atoms with van der Waals surface area (Å²) in [6, 6.07) is 7.48. The van der Waals surface area contributed by atoms with Gasteiger partial charge in [-0.25, -0.2) is 4.98 Å². The van der Waals surface area contributed by atoms with Crippen molar-refractivity contribution in [2.24, 2.45) is 0 Å². The molecule has 0 spiro atoms. The molecule has 1 aromatic heterocycles. The lowest BCUT2D eigenvalue weighted by atomic mass is 10.0. The molecule has 96 valence electrons. The molecule has 2 aromatic rings. The fraction of sp³-hybridized carbons (Fsp3) is 0.308. The molecule has 0 saturated carbocycles. The number of rotatable bonds is 2. The van der Waals surface area contributed by atoms with Gasteiger partial charge in [0.1, 0.15) is 9.88 Å². The summed E-state index contributed by atoms with van der Waals surface area (Å²) < 4.78 is 37.4. The van der Waals surface area contributed by atoms with Gasteiger partial charge in [-0.3, -0.25) is 0 Å². The van der Waals surface area contributed by atoms with Crippen LogP contribution in [0.3, 0.4) is 0 Å². The molecule has 1 heterocycles. The Hall–Kier alpha value is -1.36. The van der Waals surface area contributed by atoms with Crippen LogP contribution in [0.15, 0.2) is 30.5 Å². The van der Waals surface area contributed by atoms with E-state index < -0.39 is 11.1 Å². The summed E-state index contributed by atoms with van der Waals surface area (Å²) in [6.45, 7) is 4.14. The summed E-state index contributed by atoms with van der Waals surface area (Å²) in [7, 11) is 0. The number of aromatic nitrogens is 1. The molecule has 1 nitrogen and oxygen atoms in total. The second kappa shape index (κ2) is 4.72. The van der Waals surface area contributed by atoms with Crippen molar-refractivity contribution in [2.75, 3.05) is 0 Å². The van der Waals surface area contributed by atoms with Gasteiger partial charge in [0.25, 0.3) is 0 Å². The minimum absolute atomic E-state index is 0.401. The maximum atomic E-state index is 12.5. The number of halogens is 3. The molecule has 2 rings (SSSR count). The Balaban J connectivity index is 2.29. The van der Waals surface area contributed by atoms with Crippen molar-refractivity contribution >= 4 is 11.3 Å². The third-order valence-electron chi connectivity index (χ3n) is 2.61. The highest BCUT2D eigenvalue weighted by atomic mass is 32.1. The molecule has 18 heavy (non-hydrogen) atoms. The van der Waals surface area contributed by atoms with Gasteiger partial charge in [0.15, 0.2) is 0 Å². The van der Waals surface area contributed by atoms with Crippen LogP contribution >= 0.6 is 11.3 Å². The molecule has 0 saturated heterocycles. The van der Waals surface area contributed by atoms with Gasteiger partial charge < -0.3 is 0 Å². The Bertz CT molecular complexity index is 526. The SMILES string of the molecule is CC(C)c1ccc(-c2ncc(C(F)(F)F)s2)cc1. The topological polar surface area (TPSA) is 12.9 Å². The van der Waals surface area contributed by atoms with Crippen LogP contribution in [-0.2, 0) is 6.18 Å². The average Bonchev–Trinajstić information content (AvgIpc) is 2.78. The molecule has 0 unspecified atom stereocenters. The van der Waals surface area contributed by atoms with Gasteiger partial charge >= 0.3 is 6.18 Å². The van der Waals surface area contributed by atoms with Gasteiger partial charge in [-0.05, 0) is 11.5 Å². The zero-order valence-corrected chi connectivity index (χ0v) is 10.8. The van der Waals surface area contributed by atoms with E-state index in [0.29, 0.717) is 22.3 Å². The third kappa shape index (κ3) is 2.72. The molecule has 1 aromatic carbocycles. The van der Waals surface area contributed by atoms with Gasteiger partial charge in [0.2, 0.25) is 0 Å². The lowest BCUT2D eigenvalue weighted by Crippen LogP contribution is -2.00. The monoisotopic (exact) mass is 271 g/mol. The second-order valence-corrected chi connectivity index (χ2v) is 5.33. The van der Waals surface area contributed by atoms with E-state index in [1.807, 2.05) is 24.3 Å². The van der Waals surface area contributed by atoms with Gasteiger partial charge in [0.05, 0.1) is 6.20 Å². The Morgan fingerprint density at radius 3 is 2.17 bits per heavy atom. The lowest BCUT2D eigenvalue weighted by Gasteiger charge is -2.05. The molecule has 0 radical (unpaired) electrons. The van der Waals surface area contributed by atoms with Crippen molar-refractivity contribution in [2.45, 2.75) is 25.9 Å². The quantitative estimate of drug-likeness (QED) is 0.753. The molecule has 0 atom stereocenters. The van der Waals surface area contributed by atoms with Crippen molar-refractivity contribution in [3.8, 4) is 10.6 Å². The first kappa shape index (κ1) is 13.1. The minimum atomic E-state index is -4.31. The molecular formula is C13H12F3NS. The fourth-order valence-electron chi connectivity index (χ4n) is 1.55. The molecule has 0 bridgehead atoms. The maximum absolute atomic E-state index is 12.5. The number of hydrogen-bond donors (Lipinski definition) is 0. The number of hydrogen-bond acceptors (Lipinski definition) is 2. The summed E-state index contributed by atoms with van der Waals surface area (Å²) in [4.78, 5) is 3.16. The first-order valence-electron chi connectivity index (χ1n) is 5.51. The van der Waals surface area contributed by atoms with Crippen LogP contribution in [0.2, 0.25) is 0 Å². The third-order valence-corrected chi connectivity index (χ3v) is 3.70. The van der Waals surface area contributed by atoms with Crippen molar-refractivity contribution in [3.05, 3.63) is 40.9 Å². The molecule has 5 heteroatoms. The van der Waals surface area contributed by atoms with Crippen LogP contribution in [-0.4, -0.2) is 4.98 Å². The van der Waals surface area contributed by atoms with Crippen LogP contribution in [0, 0.1) is 0 Å². The Kier molecular flexibility index (Phi) is 3.43. The predicted octanol–water partition coefficient (Wildman–Crippen LogP) is 4.95. The van der Waals surface area contributed by atoms with E-state index in [-0.39, 0.29) is 0 Å². The highest BCUT2D eigenvalue weighted by molar-refractivity contribution is 7.15. The van der Waals surface area contributed by atoms with E-state index in [9.17, 15) is 13.2 Å². The Morgan fingerprint density at radius 1 is 1.11 bits per heavy atom. The van der Waals surface area contributed by atoms with Crippen molar-refractivity contribution in [1.82, 2.24) is 4.98 Å². The van der Waals surface area contributed by atoms with Gasteiger partial charge in [-0.15, -0.1) is 11.3 Å². The predicted molar refractivity (Wildman–Crippen MR) is 66.6 cm³/mol. The summed E-state index contributed by atoms with van der Waals surface area (Å²) in [6.07, 6.45) is -3.43.